The third-order valence-corrected chi connectivity index (χ3v) is 3.44. The number of nitrogens with two attached hydrogens (primary N) is 1. The van der Waals surface area contributed by atoms with Gasteiger partial charge >= 0.3 is 0 Å². The highest BCUT2D eigenvalue weighted by Gasteiger charge is 2.02. The fraction of sp³-hybridized carbons (Fsp3) is 1.00. The summed E-state index contributed by atoms with van der Waals surface area (Å²) in [5.41, 5.74) is 5.47. The van der Waals surface area contributed by atoms with Gasteiger partial charge in [0.15, 0.2) is 0 Å². The molecule has 3 N–H and O–H groups in total. The van der Waals surface area contributed by atoms with Crippen LogP contribution in [0, 0.1) is 0 Å². The Hall–Kier alpha value is -0.0800. The molecular formula is C15H34N2. The van der Waals surface area contributed by atoms with Crippen molar-refractivity contribution >= 4 is 0 Å². The van der Waals surface area contributed by atoms with Gasteiger partial charge in [-0.05, 0) is 38.8 Å². The Bertz CT molecular complexity index is 137. The number of rotatable bonds is 13. The van der Waals surface area contributed by atoms with Gasteiger partial charge in [0.05, 0.1) is 0 Å². The Morgan fingerprint density at radius 2 is 1.47 bits per heavy atom. The molecule has 0 bridgehead atoms. The normalized spacial score (nSPS) is 12.9. The summed E-state index contributed by atoms with van der Waals surface area (Å²) in [5, 5.41) is 3.67. The maximum absolute atomic E-state index is 5.47. The standard InChI is InChI=1S/C15H34N2/c1-3-12-15(4-2)17-14-11-9-7-5-6-8-10-13-16/h15,17H,3-14,16H2,1-2H3. The zero-order valence-electron chi connectivity index (χ0n) is 12.1. The molecule has 0 saturated carbocycles. The molecular weight excluding hydrogens is 208 g/mol. The molecule has 1 unspecified atom stereocenters. The predicted octanol–water partition coefficient (Wildman–Crippen LogP) is 3.84. The molecule has 0 aromatic carbocycles. The Morgan fingerprint density at radius 1 is 0.882 bits per heavy atom. The third-order valence-electron chi connectivity index (χ3n) is 3.44. The zero-order chi connectivity index (χ0) is 12.8. The van der Waals surface area contributed by atoms with Gasteiger partial charge in [-0.1, -0.05) is 52.4 Å². The summed E-state index contributed by atoms with van der Waals surface area (Å²) in [6.07, 6.45) is 13.3. The Balaban J connectivity index is 3.11. The van der Waals surface area contributed by atoms with Crippen LogP contribution >= 0.6 is 0 Å². The largest absolute Gasteiger partial charge is 0.330 e. The van der Waals surface area contributed by atoms with E-state index >= 15 is 0 Å². The molecule has 104 valence electrons. The number of hydrogen-bond donors (Lipinski definition) is 2. The number of nitrogens with one attached hydrogen (secondary N) is 1. The lowest BCUT2D eigenvalue weighted by Crippen LogP contribution is -2.29. The van der Waals surface area contributed by atoms with Crippen LogP contribution < -0.4 is 11.1 Å². The van der Waals surface area contributed by atoms with E-state index in [9.17, 15) is 0 Å². The van der Waals surface area contributed by atoms with Crippen LogP contribution in [-0.4, -0.2) is 19.1 Å². The minimum atomic E-state index is 0.754. The first-order valence-electron chi connectivity index (χ1n) is 7.78. The number of unbranched alkanes of at least 4 members (excludes halogenated alkanes) is 6. The van der Waals surface area contributed by atoms with E-state index in [1.807, 2.05) is 0 Å². The van der Waals surface area contributed by atoms with Gasteiger partial charge in [0, 0.05) is 6.04 Å². The molecule has 17 heavy (non-hydrogen) atoms. The second kappa shape index (κ2) is 14.0. The molecule has 0 spiro atoms. The van der Waals surface area contributed by atoms with Gasteiger partial charge in [-0.3, -0.25) is 0 Å². The summed E-state index contributed by atoms with van der Waals surface area (Å²) in [7, 11) is 0. The third kappa shape index (κ3) is 12.2. The van der Waals surface area contributed by atoms with E-state index in [4.69, 9.17) is 5.73 Å². The summed E-state index contributed by atoms with van der Waals surface area (Å²) in [6, 6.07) is 0.754. The van der Waals surface area contributed by atoms with Crippen LogP contribution in [0.15, 0.2) is 0 Å². The SMILES string of the molecule is CCCC(CC)NCCCCCCCCCN. The molecule has 0 aromatic heterocycles. The predicted molar refractivity (Wildman–Crippen MR) is 78.4 cm³/mol. The van der Waals surface area contributed by atoms with E-state index in [0.29, 0.717) is 0 Å². The monoisotopic (exact) mass is 242 g/mol. The van der Waals surface area contributed by atoms with E-state index in [-0.39, 0.29) is 0 Å². The maximum atomic E-state index is 5.47. The van der Waals surface area contributed by atoms with Crippen molar-refractivity contribution in [3.8, 4) is 0 Å². The van der Waals surface area contributed by atoms with Crippen molar-refractivity contribution in [2.24, 2.45) is 5.73 Å². The molecule has 0 aliphatic heterocycles. The lowest BCUT2D eigenvalue weighted by atomic mass is 10.1. The van der Waals surface area contributed by atoms with Crippen molar-refractivity contribution in [1.82, 2.24) is 5.32 Å². The van der Waals surface area contributed by atoms with Crippen LogP contribution in [0.4, 0.5) is 0 Å². The van der Waals surface area contributed by atoms with Crippen molar-refractivity contribution in [2.75, 3.05) is 13.1 Å². The summed E-state index contributed by atoms with van der Waals surface area (Å²) in [4.78, 5) is 0. The smallest absolute Gasteiger partial charge is 0.00643 e. The average Bonchev–Trinajstić information content (AvgIpc) is 2.35. The fourth-order valence-corrected chi connectivity index (χ4v) is 2.26. The summed E-state index contributed by atoms with van der Waals surface area (Å²) >= 11 is 0. The number of hydrogen-bond acceptors (Lipinski definition) is 2. The molecule has 0 radical (unpaired) electrons. The molecule has 0 saturated heterocycles. The van der Waals surface area contributed by atoms with Crippen LogP contribution in [0.2, 0.25) is 0 Å². The molecule has 1 atom stereocenters. The molecule has 0 heterocycles. The van der Waals surface area contributed by atoms with Crippen molar-refractivity contribution in [2.45, 2.75) is 84.1 Å². The second-order valence-corrected chi connectivity index (χ2v) is 5.11. The highest BCUT2D eigenvalue weighted by Crippen LogP contribution is 2.07. The van der Waals surface area contributed by atoms with Crippen LogP contribution in [0.3, 0.4) is 0 Å². The minimum absolute atomic E-state index is 0.754. The van der Waals surface area contributed by atoms with Gasteiger partial charge in [-0.2, -0.15) is 0 Å². The molecule has 0 aliphatic rings. The zero-order valence-corrected chi connectivity index (χ0v) is 12.1. The Morgan fingerprint density at radius 3 is 2.00 bits per heavy atom. The average molecular weight is 242 g/mol. The lowest BCUT2D eigenvalue weighted by molar-refractivity contribution is 0.450. The van der Waals surface area contributed by atoms with E-state index in [1.54, 1.807) is 0 Å². The molecule has 0 aromatic rings. The molecule has 0 fully saturated rings. The lowest BCUT2D eigenvalue weighted by Gasteiger charge is -2.15. The van der Waals surface area contributed by atoms with Gasteiger partial charge in [-0.25, -0.2) is 0 Å². The summed E-state index contributed by atoms with van der Waals surface area (Å²) < 4.78 is 0. The first-order chi connectivity index (χ1) is 8.35. The first-order valence-corrected chi connectivity index (χ1v) is 7.78. The molecule has 0 rings (SSSR count). The van der Waals surface area contributed by atoms with Crippen molar-refractivity contribution in [1.29, 1.82) is 0 Å². The highest BCUT2D eigenvalue weighted by atomic mass is 14.9. The topological polar surface area (TPSA) is 38.0 Å². The molecule has 0 aliphatic carbocycles. The highest BCUT2D eigenvalue weighted by molar-refractivity contribution is 4.63. The van der Waals surface area contributed by atoms with Crippen LogP contribution in [0.25, 0.3) is 0 Å². The first kappa shape index (κ1) is 16.9. The summed E-state index contributed by atoms with van der Waals surface area (Å²) in [6.45, 7) is 6.62. The Labute approximate surface area is 109 Å². The second-order valence-electron chi connectivity index (χ2n) is 5.11. The van der Waals surface area contributed by atoms with Crippen LogP contribution in [0.5, 0.6) is 0 Å². The van der Waals surface area contributed by atoms with Crippen molar-refractivity contribution < 1.29 is 0 Å². The van der Waals surface area contributed by atoms with E-state index < -0.39 is 0 Å². The van der Waals surface area contributed by atoms with Crippen LogP contribution in [0.1, 0.15) is 78.1 Å². The van der Waals surface area contributed by atoms with Gasteiger partial charge in [-0.15, -0.1) is 0 Å². The van der Waals surface area contributed by atoms with Crippen molar-refractivity contribution in [3.63, 3.8) is 0 Å². The molecule has 2 nitrogen and oxygen atoms in total. The maximum Gasteiger partial charge on any atom is 0.00643 e. The fourth-order valence-electron chi connectivity index (χ4n) is 2.26. The van der Waals surface area contributed by atoms with Gasteiger partial charge in [0.1, 0.15) is 0 Å². The van der Waals surface area contributed by atoms with Gasteiger partial charge in [0.25, 0.3) is 0 Å². The quantitative estimate of drug-likeness (QED) is 0.482. The Kier molecular flexibility index (Phi) is 13.9. The summed E-state index contributed by atoms with van der Waals surface area (Å²) in [5.74, 6) is 0. The minimum Gasteiger partial charge on any atom is -0.330 e. The van der Waals surface area contributed by atoms with E-state index in [1.165, 1.54) is 70.8 Å². The molecule has 2 heteroatoms. The molecule has 0 amide bonds. The van der Waals surface area contributed by atoms with Gasteiger partial charge in [0.2, 0.25) is 0 Å². The van der Waals surface area contributed by atoms with E-state index in [0.717, 1.165) is 12.6 Å². The van der Waals surface area contributed by atoms with Crippen LogP contribution in [-0.2, 0) is 0 Å². The van der Waals surface area contributed by atoms with Crippen molar-refractivity contribution in [3.05, 3.63) is 0 Å². The van der Waals surface area contributed by atoms with Gasteiger partial charge < -0.3 is 11.1 Å². The van der Waals surface area contributed by atoms with E-state index in [2.05, 4.69) is 19.2 Å².